The first-order chi connectivity index (χ1) is 7.08. The summed E-state index contributed by atoms with van der Waals surface area (Å²) in [6.45, 7) is 0.794. The number of hydrogen-bond acceptors (Lipinski definition) is 2. The van der Waals surface area contributed by atoms with Gasteiger partial charge in [-0.3, -0.25) is 4.21 Å². The van der Waals surface area contributed by atoms with E-state index in [9.17, 15) is 8.60 Å². The smallest absolute Gasteiger partial charge is 0.123 e. The molecule has 0 bridgehead atoms. The summed E-state index contributed by atoms with van der Waals surface area (Å²) in [5.74, 6) is 0.798. The van der Waals surface area contributed by atoms with Gasteiger partial charge < -0.3 is 4.90 Å². The van der Waals surface area contributed by atoms with E-state index in [0.717, 1.165) is 12.1 Å². The molecule has 0 radical (unpaired) electrons. The number of nitrogens with zero attached hydrogens (tertiary/aromatic N) is 1. The van der Waals surface area contributed by atoms with E-state index in [4.69, 9.17) is 0 Å². The molecule has 0 fully saturated rings. The highest BCUT2D eigenvalue weighted by molar-refractivity contribution is 7.84. The maximum Gasteiger partial charge on any atom is 0.123 e. The van der Waals surface area contributed by atoms with Crippen molar-refractivity contribution in [3.8, 4) is 0 Å². The summed E-state index contributed by atoms with van der Waals surface area (Å²) >= 11 is 0. The highest BCUT2D eigenvalue weighted by Gasteiger charge is 2.03. The van der Waals surface area contributed by atoms with E-state index in [-0.39, 0.29) is 5.82 Å². The summed E-state index contributed by atoms with van der Waals surface area (Å²) in [4.78, 5) is 1.99. The van der Waals surface area contributed by atoms with E-state index < -0.39 is 10.8 Å². The Bertz CT molecular complexity index is 341. The number of rotatable bonds is 5. The van der Waals surface area contributed by atoms with Crippen LogP contribution in [0.3, 0.4) is 0 Å². The molecule has 1 rings (SSSR count). The third-order valence-corrected chi connectivity index (χ3v) is 3.28. The Morgan fingerprint density at radius 2 is 2.13 bits per heavy atom. The lowest BCUT2D eigenvalue weighted by Crippen LogP contribution is -2.19. The van der Waals surface area contributed by atoms with E-state index in [1.165, 1.54) is 12.1 Å². The zero-order valence-corrected chi connectivity index (χ0v) is 9.89. The first kappa shape index (κ1) is 12.3. The third kappa shape index (κ3) is 5.04. The van der Waals surface area contributed by atoms with Crippen LogP contribution in [-0.2, 0) is 16.6 Å². The van der Waals surface area contributed by atoms with Crippen molar-refractivity contribution in [1.29, 1.82) is 0 Å². The van der Waals surface area contributed by atoms with Crippen molar-refractivity contribution in [3.05, 3.63) is 35.6 Å². The van der Waals surface area contributed by atoms with Crippen LogP contribution in [0.2, 0.25) is 0 Å². The zero-order valence-electron chi connectivity index (χ0n) is 9.07. The molecule has 1 aromatic rings. The van der Waals surface area contributed by atoms with Crippen LogP contribution in [0.25, 0.3) is 0 Å². The van der Waals surface area contributed by atoms with Gasteiger partial charge in [0.05, 0.1) is 0 Å². The lowest BCUT2D eigenvalue weighted by molar-refractivity contribution is 0.435. The molecule has 0 spiro atoms. The van der Waals surface area contributed by atoms with Crippen LogP contribution in [0, 0.1) is 5.82 Å². The largest absolute Gasteiger partial charge is 0.308 e. The summed E-state index contributed by atoms with van der Waals surface area (Å²) in [5, 5.41) is 0. The summed E-state index contributed by atoms with van der Waals surface area (Å²) in [6, 6.07) is 6.28. The van der Waals surface area contributed by atoms with Crippen molar-refractivity contribution < 1.29 is 8.60 Å². The lowest BCUT2D eigenvalue weighted by Gasteiger charge is -2.08. The molecule has 1 unspecified atom stereocenters. The Morgan fingerprint density at radius 3 is 2.73 bits per heavy atom. The third-order valence-electron chi connectivity index (χ3n) is 1.98. The van der Waals surface area contributed by atoms with Crippen molar-refractivity contribution >= 4 is 10.8 Å². The second-order valence-electron chi connectivity index (χ2n) is 3.72. The van der Waals surface area contributed by atoms with Gasteiger partial charge in [0.25, 0.3) is 0 Å². The normalized spacial score (nSPS) is 13.1. The Morgan fingerprint density at radius 1 is 1.40 bits per heavy atom. The molecule has 15 heavy (non-hydrogen) atoms. The van der Waals surface area contributed by atoms with Crippen LogP contribution in [0.4, 0.5) is 4.39 Å². The van der Waals surface area contributed by atoms with Gasteiger partial charge in [0.1, 0.15) is 5.82 Å². The van der Waals surface area contributed by atoms with Crippen molar-refractivity contribution in [1.82, 2.24) is 4.90 Å². The zero-order chi connectivity index (χ0) is 11.3. The van der Waals surface area contributed by atoms with E-state index in [1.54, 1.807) is 12.1 Å². The molecule has 0 aliphatic carbocycles. The number of hydrogen-bond donors (Lipinski definition) is 0. The molecule has 0 aromatic heterocycles. The summed E-state index contributed by atoms with van der Waals surface area (Å²) in [5.41, 5.74) is 0.798. The monoisotopic (exact) mass is 229 g/mol. The Labute approximate surface area is 92.6 Å². The van der Waals surface area contributed by atoms with Crippen LogP contribution in [0.5, 0.6) is 0 Å². The van der Waals surface area contributed by atoms with Crippen molar-refractivity contribution in [2.45, 2.75) is 5.75 Å². The predicted octanol–water partition coefficient (Wildman–Crippen LogP) is 1.64. The van der Waals surface area contributed by atoms with Crippen LogP contribution < -0.4 is 0 Å². The molecule has 0 saturated heterocycles. The molecule has 0 saturated carbocycles. The molecule has 1 atom stereocenters. The topological polar surface area (TPSA) is 20.3 Å². The van der Waals surface area contributed by atoms with Crippen LogP contribution in [-0.4, -0.2) is 35.5 Å². The van der Waals surface area contributed by atoms with Gasteiger partial charge in [-0.05, 0) is 31.8 Å². The maximum absolute atomic E-state index is 12.8. The second kappa shape index (κ2) is 5.98. The molecule has 0 aliphatic rings. The van der Waals surface area contributed by atoms with Gasteiger partial charge in [-0.2, -0.15) is 0 Å². The minimum atomic E-state index is -0.908. The molecule has 0 amide bonds. The molecule has 84 valence electrons. The Balaban J connectivity index is 2.44. The van der Waals surface area contributed by atoms with E-state index in [1.807, 2.05) is 19.0 Å². The fourth-order valence-electron chi connectivity index (χ4n) is 1.17. The Hall–Kier alpha value is -0.740. The minimum Gasteiger partial charge on any atom is -0.308 e. The van der Waals surface area contributed by atoms with Gasteiger partial charge in [-0.1, -0.05) is 12.1 Å². The molecule has 2 nitrogen and oxygen atoms in total. The maximum atomic E-state index is 12.8. The van der Waals surface area contributed by atoms with Crippen molar-refractivity contribution in [2.24, 2.45) is 0 Å². The quantitative estimate of drug-likeness (QED) is 0.765. The fourth-order valence-corrected chi connectivity index (χ4v) is 2.43. The molecular weight excluding hydrogens is 213 g/mol. The fraction of sp³-hybridized carbons (Fsp3) is 0.455. The molecule has 0 aliphatic heterocycles. The number of halogens is 1. The minimum absolute atomic E-state index is 0.267. The summed E-state index contributed by atoms with van der Waals surface area (Å²) in [6.07, 6.45) is 0. The predicted molar refractivity (Wildman–Crippen MR) is 61.7 cm³/mol. The van der Waals surface area contributed by atoms with Crippen LogP contribution >= 0.6 is 0 Å². The van der Waals surface area contributed by atoms with E-state index in [2.05, 4.69) is 0 Å². The molecule has 0 N–H and O–H groups in total. The highest BCUT2D eigenvalue weighted by atomic mass is 32.2. The first-order valence-corrected chi connectivity index (χ1v) is 6.31. The van der Waals surface area contributed by atoms with Gasteiger partial charge in [0.2, 0.25) is 0 Å². The van der Waals surface area contributed by atoms with Gasteiger partial charge in [-0.25, -0.2) is 4.39 Å². The second-order valence-corrected chi connectivity index (χ2v) is 5.30. The molecule has 4 heteroatoms. The molecule has 1 aromatic carbocycles. The van der Waals surface area contributed by atoms with Gasteiger partial charge in [0.15, 0.2) is 0 Å². The van der Waals surface area contributed by atoms with E-state index >= 15 is 0 Å². The van der Waals surface area contributed by atoms with Crippen molar-refractivity contribution in [3.63, 3.8) is 0 Å². The SMILES string of the molecule is CN(C)CCS(=O)Cc1cccc(F)c1. The van der Waals surface area contributed by atoms with Gasteiger partial charge in [-0.15, -0.1) is 0 Å². The van der Waals surface area contributed by atoms with E-state index in [0.29, 0.717) is 11.5 Å². The van der Waals surface area contributed by atoms with Crippen LogP contribution in [0.15, 0.2) is 24.3 Å². The first-order valence-electron chi connectivity index (χ1n) is 4.82. The standard InChI is InChI=1S/C11H16FNOS/c1-13(2)6-7-15(14)9-10-4-3-5-11(12)8-10/h3-5,8H,6-7,9H2,1-2H3. The summed E-state index contributed by atoms with van der Waals surface area (Å²) < 4.78 is 24.4. The average Bonchev–Trinajstić information content (AvgIpc) is 2.15. The molecular formula is C11H16FNOS. The highest BCUT2D eigenvalue weighted by Crippen LogP contribution is 2.06. The number of benzene rings is 1. The average molecular weight is 229 g/mol. The summed E-state index contributed by atoms with van der Waals surface area (Å²) in [7, 11) is 2.98. The van der Waals surface area contributed by atoms with Crippen molar-refractivity contribution in [2.75, 3.05) is 26.4 Å². The Kier molecular flexibility index (Phi) is 4.91. The molecule has 0 heterocycles. The van der Waals surface area contributed by atoms with Gasteiger partial charge >= 0.3 is 0 Å². The lowest BCUT2D eigenvalue weighted by atomic mass is 10.2. The van der Waals surface area contributed by atoms with Crippen LogP contribution in [0.1, 0.15) is 5.56 Å². The van der Waals surface area contributed by atoms with Gasteiger partial charge in [0, 0.05) is 28.9 Å².